The van der Waals surface area contributed by atoms with Crippen LogP contribution in [-0.4, -0.2) is 30.5 Å². The van der Waals surface area contributed by atoms with Crippen molar-refractivity contribution in [1.29, 1.82) is 0 Å². The second-order valence-electron chi connectivity index (χ2n) is 4.43. The lowest BCUT2D eigenvalue weighted by Gasteiger charge is -2.29. The first-order valence-electron chi connectivity index (χ1n) is 6.28. The van der Waals surface area contributed by atoms with Gasteiger partial charge in [-0.3, -0.25) is 4.79 Å². The van der Waals surface area contributed by atoms with E-state index in [-0.39, 0.29) is 11.8 Å². The number of amides is 1. The third-order valence-corrected chi connectivity index (χ3v) is 4.14. The summed E-state index contributed by atoms with van der Waals surface area (Å²) in [6.45, 7) is 1.34. The van der Waals surface area contributed by atoms with Gasteiger partial charge in [-0.2, -0.15) is 0 Å². The van der Waals surface area contributed by atoms with Crippen molar-refractivity contribution in [3.8, 4) is 12.3 Å². The summed E-state index contributed by atoms with van der Waals surface area (Å²) < 4.78 is 0. The van der Waals surface area contributed by atoms with Gasteiger partial charge in [-0.25, -0.2) is 0 Å². The molecule has 3 N–H and O–H groups in total. The van der Waals surface area contributed by atoms with Crippen LogP contribution in [0.25, 0.3) is 0 Å². The highest BCUT2D eigenvalue weighted by Gasteiger charge is 2.29. The number of terminal acetylenes is 1. The van der Waals surface area contributed by atoms with Gasteiger partial charge < -0.3 is 11.1 Å². The Labute approximate surface area is 108 Å². The molecule has 0 bridgehead atoms. The Morgan fingerprint density at radius 3 is 2.94 bits per heavy atom. The maximum atomic E-state index is 12.0. The molecular weight excluding hydrogens is 232 g/mol. The molecule has 0 heterocycles. The van der Waals surface area contributed by atoms with Crippen LogP contribution in [0.15, 0.2) is 0 Å². The average molecular weight is 254 g/mol. The van der Waals surface area contributed by atoms with Crippen molar-refractivity contribution < 1.29 is 4.79 Å². The summed E-state index contributed by atoms with van der Waals surface area (Å²) in [6, 6.07) is 0. The maximum Gasteiger partial charge on any atom is 0.223 e. The average Bonchev–Trinajstić information content (AvgIpc) is 2.38. The molecule has 0 aromatic heterocycles. The van der Waals surface area contributed by atoms with Gasteiger partial charge in [0.1, 0.15) is 0 Å². The van der Waals surface area contributed by atoms with Crippen molar-refractivity contribution in [2.24, 2.45) is 17.6 Å². The molecule has 17 heavy (non-hydrogen) atoms. The molecule has 0 radical (unpaired) electrons. The third kappa shape index (κ3) is 5.01. The molecule has 2 unspecified atom stereocenters. The van der Waals surface area contributed by atoms with Crippen LogP contribution in [0.1, 0.15) is 25.7 Å². The standard InChI is InChI=1S/C13H22N2OS/c1-2-8-17-9-7-15-13(16)12-6-4-3-5-11(12)10-14/h1,11-12H,3-10,14H2,(H,15,16). The third-order valence-electron chi connectivity index (χ3n) is 3.28. The molecule has 1 rings (SSSR count). The lowest BCUT2D eigenvalue weighted by atomic mass is 9.79. The van der Waals surface area contributed by atoms with Gasteiger partial charge in [-0.1, -0.05) is 18.8 Å². The maximum absolute atomic E-state index is 12.0. The molecule has 3 nitrogen and oxygen atoms in total. The van der Waals surface area contributed by atoms with Gasteiger partial charge >= 0.3 is 0 Å². The number of carbonyl (C=O) groups excluding carboxylic acids is 1. The van der Waals surface area contributed by atoms with E-state index < -0.39 is 0 Å². The van der Waals surface area contributed by atoms with Gasteiger partial charge in [0.05, 0.1) is 5.75 Å². The van der Waals surface area contributed by atoms with Gasteiger partial charge in [-0.15, -0.1) is 18.2 Å². The van der Waals surface area contributed by atoms with Crippen molar-refractivity contribution in [2.75, 3.05) is 24.6 Å². The van der Waals surface area contributed by atoms with E-state index in [9.17, 15) is 4.79 Å². The van der Waals surface area contributed by atoms with Crippen LogP contribution in [0, 0.1) is 24.2 Å². The molecule has 1 fully saturated rings. The Kier molecular flexibility index (Phi) is 7.14. The zero-order chi connectivity index (χ0) is 12.5. The zero-order valence-electron chi connectivity index (χ0n) is 10.3. The number of hydrogen-bond acceptors (Lipinski definition) is 3. The second-order valence-corrected chi connectivity index (χ2v) is 5.54. The number of thioether (sulfide) groups is 1. The minimum absolute atomic E-state index is 0.131. The SMILES string of the molecule is C#CCSCCNC(=O)C1CCCCC1CN. The molecule has 0 saturated heterocycles. The van der Waals surface area contributed by atoms with Crippen LogP contribution in [0.5, 0.6) is 0 Å². The van der Waals surface area contributed by atoms with Crippen LogP contribution in [0.2, 0.25) is 0 Å². The van der Waals surface area contributed by atoms with Gasteiger partial charge in [0, 0.05) is 18.2 Å². The lowest BCUT2D eigenvalue weighted by molar-refractivity contribution is -0.127. The fourth-order valence-corrected chi connectivity index (χ4v) is 2.85. The molecule has 2 atom stereocenters. The Hall–Kier alpha value is -0.660. The van der Waals surface area contributed by atoms with Crippen molar-refractivity contribution in [3.63, 3.8) is 0 Å². The van der Waals surface area contributed by atoms with E-state index in [0.717, 1.165) is 25.0 Å². The van der Waals surface area contributed by atoms with E-state index in [1.165, 1.54) is 6.42 Å². The van der Waals surface area contributed by atoms with E-state index in [1.807, 2.05) is 0 Å². The molecule has 1 aliphatic carbocycles. The molecule has 0 aliphatic heterocycles. The normalized spacial score (nSPS) is 24.0. The van der Waals surface area contributed by atoms with E-state index in [2.05, 4.69) is 11.2 Å². The van der Waals surface area contributed by atoms with E-state index in [1.54, 1.807) is 11.8 Å². The van der Waals surface area contributed by atoms with Crippen molar-refractivity contribution in [1.82, 2.24) is 5.32 Å². The Morgan fingerprint density at radius 2 is 2.24 bits per heavy atom. The molecule has 1 aliphatic rings. The van der Waals surface area contributed by atoms with Gasteiger partial charge in [0.2, 0.25) is 5.91 Å². The quantitative estimate of drug-likeness (QED) is 0.554. The van der Waals surface area contributed by atoms with Gasteiger partial charge in [0.25, 0.3) is 0 Å². The molecular formula is C13H22N2OS. The summed E-state index contributed by atoms with van der Waals surface area (Å²) in [5.41, 5.74) is 5.72. The molecule has 0 aromatic carbocycles. The minimum Gasteiger partial charge on any atom is -0.355 e. The number of nitrogens with one attached hydrogen (secondary N) is 1. The summed E-state index contributed by atoms with van der Waals surface area (Å²) >= 11 is 1.67. The predicted octanol–water partition coefficient (Wildman–Crippen LogP) is 1.23. The minimum atomic E-state index is 0.131. The van der Waals surface area contributed by atoms with Crippen LogP contribution < -0.4 is 11.1 Å². The fraction of sp³-hybridized carbons (Fsp3) is 0.769. The Bertz CT molecular complexity index is 275. The van der Waals surface area contributed by atoms with E-state index in [4.69, 9.17) is 12.2 Å². The van der Waals surface area contributed by atoms with Crippen LogP contribution in [0.3, 0.4) is 0 Å². The second kappa shape index (κ2) is 8.43. The lowest BCUT2D eigenvalue weighted by Crippen LogP contribution is -2.40. The first-order valence-corrected chi connectivity index (χ1v) is 7.44. The summed E-state index contributed by atoms with van der Waals surface area (Å²) in [5.74, 6) is 4.86. The van der Waals surface area contributed by atoms with Gasteiger partial charge in [0.15, 0.2) is 0 Å². The smallest absolute Gasteiger partial charge is 0.223 e. The monoisotopic (exact) mass is 254 g/mol. The van der Waals surface area contributed by atoms with Crippen molar-refractivity contribution in [3.05, 3.63) is 0 Å². The van der Waals surface area contributed by atoms with Crippen molar-refractivity contribution in [2.45, 2.75) is 25.7 Å². The summed E-state index contributed by atoms with van der Waals surface area (Å²) in [6.07, 6.45) is 9.61. The van der Waals surface area contributed by atoms with Crippen LogP contribution in [0.4, 0.5) is 0 Å². The fourth-order valence-electron chi connectivity index (χ4n) is 2.34. The molecule has 0 aromatic rings. The summed E-state index contributed by atoms with van der Waals surface area (Å²) in [5, 5.41) is 2.99. The highest BCUT2D eigenvalue weighted by Crippen LogP contribution is 2.29. The summed E-state index contributed by atoms with van der Waals surface area (Å²) in [7, 11) is 0. The Morgan fingerprint density at radius 1 is 1.47 bits per heavy atom. The van der Waals surface area contributed by atoms with Crippen LogP contribution in [-0.2, 0) is 4.79 Å². The Balaban J connectivity index is 2.23. The number of hydrogen-bond donors (Lipinski definition) is 2. The number of nitrogens with two attached hydrogens (primary N) is 1. The molecule has 1 saturated carbocycles. The first kappa shape index (κ1) is 14.4. The van der Waals surface area contributed by atoms with Crippen molar-refractivity contribution >= 4 is 17.7 Å². The molecule has 4 heteroatoms. The molecule has 0 spiro atoms. The highest BCUT2D eigenvalue weighted by atomic mass is 32.2. The first-order chi connectivity index (χ1) is 8.29. The summed E-state index contributed by atoms with van der Waals surface area (Å²) in [4.78, 5) is 12.0. The van der Waals surface area contributed by atoms with E-state index in [0.29, 0.717) is 24.8 Å². The highest BCUT2D eigenvalue weighted by molar-refractivity contribution is 7.99. The van der Waals surface area contributed by atoms with Crippen LogP contribution >= 0.6 is 11.8 Å². The topological polar surface area (TPSA) is 55.1 Å². The van der Waals surface area contributed by atoms with E-state index >= 15 is 0 Å². The number of carbonyl (C=O) groups is 1. The predicted molar refractivity (Wildman–Crippen MR) is 73.7 cm³/mol. The number of rotatable bonds is 6. The largest absolute Gasteiger partial charge is 0.355 e. The zero-order valence-corrected chi connectivity index (χ0v) is 11.1. The van der Waals surface area contributed by atoms with Gasteiger partial charge in [-0.05, 0) is 25.3 Å². The molecule has 1 amide bonds. The molecule has 96 valence electrons.